The number of aromatic nitrogens is 4. The highest BCUT2D eigenvalue weighted by molar-refractivity contribution is 7.71. The maximum Gasteiger partial charge on any atom is 0.225 e. The molecule has 9 heteroatoms. The van der Waals surface area contributed by atoms with Crippen molar-refractivity contribution < 1.29 is 9.64 Å². The van der Waals surface area contributed by atoms with Crippen molar-refractivity contribution in [3.63, 3.8) is 0 Å². The molecule has 0 radical (unpaired) electrons. The Morgan fingerprint density at radius 1 is 1.07 bits per heavy atom. The van der Waals surface area contributed by atoms with Gasteiger partial charge in [0.1, 0.15) is 5.75 Å². The summed E-state index contributed by atoms with van der Waals surface area (Å²) in [4.78, 5) is 3.79. The van der Waals surface area contributed by atoms with Crippen LogP contribution in [0.15, 0.2) is 48.5 Å². The van der Waals surface area contributed by atoms with Crippen molar-refractivity contribution in [1.82, 2.24) is 19.8 Å². The normalized spacial score (nSPS) is 15.0. The first kappa shape index (κ1) is 18.9. The number of benzene rings is 2. The lowest BCUT2D eigenvalue weighted by Gasteiger charge is -2.33. The molecule has 1 saturated heterocycles. The van der Waals surface area contributed by atoms with E-state index in [2.05, 4.69) is 21.4 Å². The van der Waals surface area contributed by atoms with Gasteiger partial charge in [0.05, 0.1) is 39.0 Å². The first-order valence-corrected chi connectivity index (χ1v) is 9.94. The van der Waals surface area contributed by atoms with Crippen molar-refractivity contribution in [2.45, 2.75) is 6.67 Å². The zero-order valence-electron chi connectivity index (χ0n) is 15.6. The van der Waals surface area contributed by atoms with Crippen LogP contribution >= 0.6 is 23.8 Å². The molecule has 7 nitrogen and oxygen atoms in total. The van der Waals surface area contributed by atoms with E-state index < -0.39 is 0 Å². The zero-order chi connectivity index (χ0) is 19.5. The second kappa shape index (κ2) is 8.30. The molecule has 2 heterocycles. The SMILES string of the molecule is COc1ccc(-n2nnn(C[NH+]3CCN(c4cccc(Cl)c4)CC3)c2=S)cc1. The minimum atomic E-state index is 0.593. The van der Waals surface area contributed by atoms with Crippen LogP contribution in [0.1, 0.15) is 0 Å². The van der Waals surface area contributed by atoms with Crippen LogP contribution in [-0.2, 0) is 6.67 Å². The molecule has 1 N–H and O–H groups in total. The topological polar surface area (TPSA) is 52.5 Å². The molecule has 0 unspecified atom stereocenters. The van der Waals surface area contributed by atoms with E-state index in [9.17, 15) is 0 Å². The summed E-state index contributed by atoms with van der Waals surface area (Å²) < 4.78 is 9.26. The van der Waals surface area contributed by atoms with Gasteiger partial charge >= 0.3 is 0 Å². The number of hydrogen-bond acceptors (Lipinski definition) is 5. The van der Waals surface area contributed by atoms with Crippen molar-refractivity contribution in [2.24, 2.45) is 0 Å². The third-order valence-corrected chi connectivity index (χ3v) is 5.59. The molecule has 0 atom stereocenters. The van der Waals surface area contributed by atoms with E-state index in [1.165, 1.54) is 10.6 Å². The molecule has 2 aromatic carbocycles. The number of nitrogens with one attached hydrogen (secondary N) is 1. The van der Waals surface area contributed by atoms with E-state index in [4.69, 9.17) is 28.6 Å². The molecule has 0 aliphatic carbocycles. The quantitative estimate of drug-likeness (QED) is 0.642. The summed E-state index contributed by atoms with van der Waals surface area (Å²) in [6.07, 6.45) is 0. The Balaban J connectivity index is 1.40. The lowest BCUT2D eigenvalue weighted by molar-refractivity contribution is -0.924. The maximum absolute atomic E-state index is 6.12. The average Bonchev–Trinajstić information content (AvgIpc) is 3.09. The molecule has 1 aliphatic rings. The number of nitrogens with zero attached hydrogens (tertiary/aromatic N) is 5. The van der Waals surface area contributed by atoms with Crippen molar-refractivity contribution in [3.8, 4) is 11.4 Å². The standard InChI is InChI=1S/C19H21ClN6OS/c1-27-18-7-5-16(6-8-18)26-19(28)25(21-22-26)14-23-9-11-24(12-10-23)17-4-2-3-15(20)13-17/h2-8,13H,9-12,14H2,1H3/p+1. The fourth-order valence-electron chi connectivity index (χ4n) is 3.38. The molecule has 1 fully saturated rings. The number of methoxy groups -OCH3 is 1. The van der Waals surface area contributed by atoms with Gasteiger partial charge in [-0.3, -0.25) is 0 Å². The molecule has 0 bridgehead atoms. The second-order valence-electron chi connectivity index (χ2n) is 6.75. The zero-order valence-corrected chi connectivity index (χ0v) is 17.2. The first-order chi connectivity index (χ1) is 13.6. The summed E-state index contributed by atoms with van der Waals surface area (Å²) in [5.41, 5.74) is 2.05. The number of quaternary nitrogens is 1. The Bertz CT molecular complexity index is 994. The number of piperazine rings is 1. The number of rotatable bonds is 5. The predicted molar refractivity (Wildman–Crippen MR) is 111 cm³/mol. The number of tetrazole rings is 1. The smallest absolute Gasteiger partial charge is 0.225 e. The highest BCUT2D eigenvalue weighted by Crippen LogP contribution is 2.19. The molecule has 0 saturated carbocycles. The summed E-state index contributed by atoms with van der Waals surface area (Å²) in [6, 6.07) is 15.6. The van der Waals surface area contributed by atoms with Crippen LogP contribution in [0.2, 0.25) is 5.02 Å². The van der Waals surface area contributed by atoms with Gasteiger partial charge in [-0.2, -0.15) is 9.36 Å². The van der Waals surface area contributed by atoms with E-state index in [0.29, 0.717) is 11.4 Å². The van der Waals surface area contributed by atoms with Gasteiger partial charge in [-0.15, -0.1) is 0 Å². The lowest BCUT2D eigenvalue weighted by Crippen LogP contribution is -3.14. The molecule has 1 aliphatic heterocycles. The van der Waals surface area contributed by atoms with Gasteiger partial charge in [0.25, 0.3) is 0 Å². The van der Waals surface area contributed by atoms with Crippen LogP contribution in [0.25, 0.3) is 5.69 Å². The molecule has 3 aromatic rings. The maximum atomic E-state index is 6.12. The van der Waals surface area contributed by atoms with Crippen LogP contribution in [0.5, 0.6) is 5.75 Å². The van der Waals surface area contributed by atoms with E-state index in [0.717, 1.165) is 42.6 Å². The Morgan fingerprint density at radius 3 is 2.50 bits per heavy atom. The van der Waals surface area contributed by atoms with Crippen molar-refractivity contribution in [1.29, 1.82) is 0 Å². The number of ether oxygens (including phenoxy) is 1. The van der Waals surface area contributed by atoms with Crippen molar-refractivity contribution >= 4 is 29.5 Å². The fraction of sp³-hybridized carbons (Fsp3) is 0.316. The minimum Gasteiger partial charge on any atom is -0.497 e. The van der Waals surface area contributed by atoms with Crippen molar-refractivity contribution in [3.05, 3.63) is 58.3 Å². The Hall–Kier alpha value is -2.42. The molecule has 1 aromatic heterocycles. The summed E-state index contributed by atoms with van der Waals surface area (Å²) in [7, 11) is 1.64. The lowest BCUT2D eigenvalue weighted by atomic mass is 10.2. The second-order valence-corrected chi connectivity index (χ2v) is 7.55. The van der Waals surface area contributed by atoms with Crippen LogP contribution in [0.3, 0.4) is 0 Å². The summed E-state index contributed by atoms with van der Waals surface area (Å²) in [5, 5.41) is 9.26. The Labute approximate surface area is 173 Å². The average molecular weight is 418 g/mol. The van der Waals surface area contributed by atoms with E-state index in [1.807, 2.05) is 42.5 Å². The van der Waals surface area contributed by atoms with Gasteiger partial charge in [0.15, 0.2) is 6.67 Å². The molecule has 4 rings (SSSR count). The van der Waals surface area contributed by atoms with Gasteiger partial charge in [0.2, 0.25) is 4.77 Å². The summed E-state index contributed by atoms with van der Waals surface area (Å²) >= 11 is 11.7. The molecular weight excluding hydrogens is 396 g/mol. The largest absolute Gasteiger partial charge is 0.497 e. The van der Waals surface area contributed by atoms with E-state index >= 15 is 0 Å². The Kier molecular flexibility index (Phi) is 5.61. The van der Waals surface area contributed by atoms with Gasteiger partial charge < -0.3 is 14.5 Å². The number of halogens is 1. The third-order valence-electron chi connectivity index (χ3n) is 4.97. The molecule has 28 heavy (non-hydrogen) atoms. The Morgan fingerprint density at radius 2 is 1.82 bits per heavy atom. The van der Waals surface area contributed by atoms with Crippen LogP contribution < -0.4 is 14.5 Å². The molecule has 146 valence electrons. The van der Waals surface area contributed by atoms with Crippen LogP contribution in [0, 0.1) is 4.77 Å². The molecular formula is C19H22ClN6OS+. The minimum absolute atomic E-state index is 0.593. The predicted octanol–water partition coefficient (Wildman–Crippen LogP) is 1.82. The highest BCUT2D eigenvalue weighted by Gasteiger charge is 2.21. The monoisotopic (exact) mass is 417 g/mol. The van der Waals surface area contributed by atoms with Crippen molar-refractivity contribution in [2.75, 3.05) is 38.2 Å². The highest BCUT2D eigenvalue weighted by atomic mass is 35.5. The number of anilines is 1. The number of hydrogen-bond donors (Lipinski definition) is 1. The van der Waals surface area contributed by atoms with Gasteiger partial charge in [0, 0.05) is 10.7 Å². The van der Waals surface area contributed by atoms with E-state index in [-0.39, 0.29) is 0 Å². The third kappa shape index (κ3) is 4.04. The summed E-state index contributed by atoms with van der Waals surface area (Å²) in [5.74, 6) is 0.796. The first-order valence-electron chi connectivity index (χ1n) is 9.15. The van der Waals surface area contributed by atoms with Gasteiger partial charge in [-0.1, -0.05) is 17.7 Å². The van der Waals surface area contributed by atoms with Crippen LogP contribution in [-0.4, -0.2) is 53.1 Å². The van der Waals surface area contributed by atoms with Gasteiger partial charge in [-0.25, -0.2) is 0 Å². The van der Waals surface area contributed by atoms with Gasteiger partial charge in [-0.05, 0) is 65.1 Å². The van der Waals surface area contributed by atoms with E-state index in [1.54, 1.807) is 16.5 Å². The molecule has 0 amide bonds. The fourth-order valence-corrected chi connectivity index (χ4v) is 3.81. The van der Waals surface area contributed by atoms with Crippen LogP contribution in [0.4, 0.5) is 5.69 Å². The summed E-state index contributed by atoms with van der Waals surface area (Å²) in [6.45, 7) is 4.65. The molecule has 0 spiro atoms.